The molecule has 0 bridgehead atoms. The molecule has 3 rings (SSSR count). The fourth-order valence-corrected chi connectivity index (χ4v) is 2.28. The Morgan fingerprint density at radius 3 is 2.79 bits per heavy atom. The Bertz CT molecular complexity index is 726. The van der Waals surface area contributed by atoms with E-state index in [1.807, 2.05) is 19.1 Å². The van der Waals surface area contributed by atoms with Gasteiger partial charge in [-0.1, -0.05) is 6.92 Å². The van der Waals surface area contributed by atoms with E-state index in [2.05, 4.69) is 17.0 Å². The minimum absolute atomic E-state index is 0.232. The van der Waals surface area contributed by atoms with Gasteiger partial charge in [-0.3, -0.25) is 0 Å². The van der Waals surface area contributed by atoms with Gasteiger partial charge in [0.1, 0.15) is 5.82 Å². The van der Waals surface area contributed by atoms with Crippen molar-refractivity contribution in [2.45, 2.75) is 20.3 Å². The molecular weight excluding hydrogens is 241 g/mol. The highest BCUT2D eigenvalue weighted by atomic mass is 19.1. The molecule has 0 atom stereocenters. The molecule has 0 unspecified atom stereocenters. The van der Waals surface area contributed by atoms with Crippen molar-refractivity contribution in [1.29, 1.82) is 0 Å². The lowest BCUT2D eigenvalue weighted by Crippen LogP contribution is -1.99. The van der Waals surface area contributed by atoms with Gasteiger partial charge in [0.2, 0.25) is 0 Å². The lowest BCUT2D eigenvalue weighted by atomic mass is 10.0. The third-order valence-corrected chi connectivity index (χ3v) is 3.16. The van der Waals surface area contributed by atoms with Gasteiger partial charge in [-0.15, -0.1) is 0 Å². The maximum Gasteiger partial charge on any atom is 0.153 e. The Labute approximate surface area is 110 Å². The van der Waals surface area contributed by atoms with Crippen molar-refractivity contribution in [3.05, 3.63) is 53.6 Å². The Morgan fingerprint density at radius 2 is 2.05 bits per heavy atom. The molecule has 0 spiro atoms. The third-order valence-electron chi connectivity index (χ3n) is 3.16. The van der Waals surface area contributed by atoms with E-state index in [0.717, 1.165) is 34.5 Å². The predicted octanol–water partition coefficient (Wildman–Crippen LogP) is 3.41. The van der Waals surface area contributed by atoms with Crippen LogP contribution in [0.2, 0.25) is 0 Å². The summed E-state index contributed by atoms with van der Waals surface area (Å²) >= 11 is 0. The number of imidazole rings is 1. The van der Waals surface area contributed by atoms with Crippen LogP contribution in [-0.2, 0) is 6.42 Å². The van der Waals surface area contributed by atoms with Crippen LogP contribution < -0.4 is 0 Å². The molecule has 19 heavy (non-hydrogen) atoms. The summed E-state index contributed by atoms with van der Waals surface area (Å²) in [5.41, 5.74) is 4.41. The zero-order valence-corrected chi connectivity index (χ0v) is 10.9. The Morgan fingerprint density at radius 1 is 1.21 bits per heavy atom. The average Bonchev–Trinajstić information content (AvgIpc) is 2.83. The minimum Gasteiger partial charge on any atom is -0.236 e. The third kappa shape index (κ3) is 2.10. The summed E-state index contributed by atoms with van der Waals surface area (Å²) in [5.74, 6) is -0.232. The van der Waals surface area contributed by atoms with E-state index in [-0.39, 0.29) is 5.82 Å². The molecule has 0 saturated heterocycles. The fourth-order valence-electron chi connectivity index (χ4n) is 2.28. The first-order valence-electron chi connectivity index (χ1n) is 6.28. The number of nitrogens with zero attached hydrogens (tertiary/aromatic N) is 3. The van der Waals surface area contributed by atoms with Crippen molar-refractivity contribution < 1.29 is 4.39 Å². The molecule has 0 saturated carbocycles. The van der Waals surface area contributed by atoms with Crippen LogP contribution >= 0.6 is 0 Å². The van der Waals surface area contributed by atoms with Gasteiger partial charge < -0.3 is 0 Å². The lowest BCUT2D eigenvalue weighted by Gasteiger charge is -2.09. The second kappa shape index (κ2) is 4.46. The lowest BCUT2D eigenvalue weighted by molar-refractivity contribution is 0.627. The van der Waals surface area contributed by atoms with E-state index >= 15 is 0 Å². The Balaban J connectivity index is 2.27. The van der Waals surface area contributed by atoms with Crippen LogP contribution in [0, 0.1) is 12.7 Å². The van der Waals surface area contributed by atoms with Crippen LogP contribution in [0.1, 0.15) is 18.1 Å². The normalized spacial score (nSPS) is 11.1. The van der Waals surface area contributed by atoms with Crippen molar-refractivity contribution in [3.8, 4) is 11.3 Å². The molecule has 2 heterocycles. The van der Waals surface area contributed by atoms with E-state index in [1.165, 1.54) is 12.1 Å². The molecule has 0 aliphatic rings. The van der Waals surface area contributed by atoms with E-state index in [4.69, 9.17) is 0 Å². The molecule has 0 N–H and O–H groups in total. The van der Waals surface area contributed by atoms with Crippen LogP contribution in [-0.4, -0.2) is 14.6 Å². The fraction of sp³-hybridized carbons (Fsp3) is 0.200. The zero-order chi connectivity index (χ0) is 13.4. The van der Waals surface area contributed by atoms with Gasteiger partial charge in [-0.25, -0.2) is 13.9 Å². The molecule has 3 nitrogen and oxygen atoms in total. The molecule has 1 aromatic carbocycles. The minimum atomic E-state index is -0.232. The van der Waals surface area contributed by atoms with Gasteiger partial charge in [0.05, 0.1) is 5.69 Å². The van der Waals surface area contributed by atoms with Crippen molar-refractivity contribution >= 4 is 5.65 Å². The topological polar surface area (TPSA) is 30.2 Å². The number of rotatable bonds is 2. The van der Waals surface area contributed by atoms with Crippen molar-refractivity contribution in [3.63, 3.8) is 0 Å². The second-order valence-corrected chi connectivity index (χ2v) is 4.62. The van der Waals surface area contributed by atoms with Crippen LogP contribution in [0.4, 0.5) is 4.39 Å². The van der Waals surface area contributed by atoms with Crippen LogP contribution in [0.25, 0.3) is 16.9 Å². The van der Waals surface area contributed by atoms with Crippen LogP contribution in [0.3, 0.4) is 0 Å². The maximum atomic E-state index is 13.6. The van der Waals surface area contributed by atoms with E-state index in [9.17, 15) is 4.39 Å². The van der Waals surface area contributed by atoms with Crippen LogP contribution in [0.5, 0.6) is 0 Å². The largest absolute Gasteiger partial charge is 0.236 e. The molecule has 0 amide bonds. The molecule has 0 aliphatic carbocycles. The average molecular weight is 255 g/mol. The summed E-state index contributed by atoms with van der Waals surface area (Å²) in [6.45, 7) is 3.94. The predicted molar refractivity (Wildman–Crippen MR) is 72.5 cm³/mol. The van der Waals surface area contributed by atoms with Gasteiger partial charge in [0, 0.05) is 18.0 Å². The van der Waals surface area contributed by atoms with E-state index in [0.29, 0.717) is 0 Å². The molecule has 3 aromatic rings. The molecule has 2 aromatic heterocycles. The van der Waals surface area contributed by atoms with Crippen molar-refractivity contribution in [1.82, 2.24) is 14.6 Å². The molecule has 4 heteroatoms. The van der Waals surface area contributed by atoms with Gasteiger partial charge >= 0.3 is 0 Å². The van der Waals surface area contributed by atoms with Gasteiger partial charge in [0.25, 0.3) is 0 Å². The Hall–Kier alpha value is -2.23. The smallest absolute Gasteiger partial charge is 0.153 e. The summed E-state index contributed by atoms with van der Waals surface area (Å²) in [7, 11) is 0. The van der Waals surface area contributed by atoms with E-state index in [1.54, 1.807) is 16.9 Å². The number of halogens is 1. The quantitative estimate of drug-likeness (QED) is 0.702. The molecule has 0 fully saturated rings. The first kappa shape index (κ1) is 11.8. The van der Waals surface area contributed by atoms with Crippen molar-refractivity contribution in [2.75, 3.05) is 0 Å². The summed E-state index contributed by atoms with van der Waals surface area (Å²) < 4.78 is 15.3. The van der Waals surface area contributed by atoms with Gasteiger partial charge in [-0.05, 0) is 48.7 Å². The highest BCUT2D eigenvalue weighted by molar-refractivity contribution is 5.65. The number of aromatic nitrogens is 3. The molecule has 0 aliphatic heterocycles. The van der Waals surface area contributed by atoms with Gasteiger partial charge in [-0.2, -0.15) is 5.10 Å². The SMILES string of the molecule is CCc1cc2nccn2nc1-c1cc(C)cc(F)c1. The summed E-state index contributed by atoms with van der Waals surface area (Å²) in [4.78, 5) is 4.22. The molecular formula is C15H14FN3. The first-order valence-corrected chi connectivity index (χ1v) is 6.28. The highest BCUT2D eigenvalue weighted by Gasteiger charge is 2.10. The van der Waals surface area contributed by atoms with Gasteiger partial charge in [0.15, 0.2) is 5.65 Å². The van der Waals surface area contributed by atoms with Crippen LogP contribution in [0.15, 0.2) is 36.7 Å². The number of benzene rings is 1. The standard InChI is InChI=1S/C15H14FN3/c1-3-11-9-14-17-4-5-19(14)18-15(11)12-6-10(2)7-13(16)8-12/h4-9H,3H2,1-2H3. The number of hydrogen-bond donors (Lipinski definition) is 0. The monoisotopic (exact) mass is 255 g/mol. The first-order chi connectivity index (χ1) is 9.17. The van der Waals surface area contributed by atoms with E-state index < -0.39 is 0 Å². The summed E-state index contributed by atoms with van der Waals surface area (Å²) in [5, 5.41) is 4.55. The number of fused-ring (bicyclic) bond motifs is 1. The zero-order valence-electron chi connectivity index (χ0n) is 10.9. The highest BCUT2D eigenvalue weighted by Crippen LogP contribution is 2.24. The second-order valence-electron chi connectivity index (χ2n) is 4.62. The summed E-state index contributed by atoms with van der Waals surface area (Å²) in [6.07, 6.45) is 4.34. The number of hydrogen-bond acceptors (Lipinski definition) is 2. The molecule has 0 radical (unpaired) electrons. The Kier molecular flexibility index (Phi) is 2.78. The summed E-state index contributed by atoms with van der Waals surface area (Å²) in [6, 6.07) is 7.00. The number of aryl methyl sites for hydroxylation is 2. The maximum absolute atomic E-state index is 13.6. The van der Waals surface area contributed by atoms with Crippen molar-refractivity contribution in [2.24, 2.45) is 0 Å². The molecule has 96 valence electrons.